The van der Waals surface area contributed by atoms with Gasteiger partial charge in [-0.25, -0.2) is 9.37 Å². The van der Waals surface area contributed by atoms with Gasteiger partial charge in [-0.05, 0) is 25.1 Å². The monoisotopic (exact) mass is 248 g/mol. The molecule has 0 atom stereocenters. The zero-order valence-corrected chi connectivity index (χ0v) is 9.93. The number of imidazole rings is 1. The van der Waals surface area contributed by atoms with Crippen molar-refractivity contribution in [1.29, 1.82) is 0 Å². The van der Waals surface area contributed by atoms with Gasteiger partial charge in [-0.1, -0.05) is 6.07 Å². The van der Waals surface area contributed by atoms with Crippen LogP contribution in [0.4, 0.5) is 4.39 Å². The standard InChI is InChI=1S/C13H13FN2O2/c1-9-15-11(5-6-13(17)18)8-16(9)12-4-2-3-10(14)7-12/h2-4,7-8H,5-6H2,1H3,(H,17,18). The second-order valence-electron chi connectivity index (χ2n) is 4.02. The minimum atomic E-state index is -0.854. The van der Waals surface area contributed by atoms with Crippen LogP contribution in [-0.4, -0.2) is 20.6 Å². The highest BCUT2D eigenvalue weighted by Crippen LogP contribution is 2.14. The Morgan fingerprint density at radius 2 is 2.28 bits per heavy atom. The normalized spacial score (nSPS) is 10.6. The van der Waals surface area contributed by atoms with Gasteiger partial charge >= 0.3 is 5.97 Å². The van der Waals surface area contributed by atoms with Crippen LogP contribution in [-0.2, 0) is 11.2 Å². The maximum atomic E-state index is 13.1. The van der Waals surface area contributed by atoms with E-state index >= 15 is 0 Å². The maximum Gasteiger partial charge on any atom is 0.303 e. The van der Waals surface area contributed by atoms with E-state index in [2.05, 4.69) is 4.98 Å². The smallest absolute Gasteiger partial charge is 0.303 e. The highest BCUT2D eigenvalue weighted by Gasteiger charge is 2.08. The van der Waals surface area contributed by atoms with Gasteiger partial charge in [0.15, 0.2) is 0 Å². The number of aryl methyl sites for hydroxylation is 2. The van der Waals surface area contributed by atoms with Crippen molar-refractivity contribution in [2.45, 2.75) is 19.8 Å². The van der Waals surface area contributed by atoms with Crippen molar-refractivity contribution in [3.05, 3.63) is 47.8 Å². The minimum absolute atomic E-state index is 0.0413. The molecule has 0 fully saturated rings. The second-order valence-corrected chi connectivity index (χ2v) is 4.02. The van der Waals surface area contributed by atoms with Crippen molar-refractivity contribution in [2.75, 3.05) is 0 Å². The third-order valence-corrected chi connectivity index (χ3v) is 2.61. The molecule has 18 heavy (non-hydrogen) atoms. The van der Waals surface area contributed by atoms with Crippen molar-refractivity contribution in [3.8, 4) is 5.69 Å². The van der Waals surface area contributed by atoms with Gasteiger partial charge in [0.1, 0.15) is 11.6 Å². The average Bonchev–Trinajstić information content (AvgIpc) is 2.68. The molecule has 0 saturated carbocycles. The van der Waals surface area contributed by atoms with Crippen LogP contribution >= 0.6 is 0 Å². The number of aromatic nitrogens is 2. The molecule has 0 bridgehead atoms. The number of hydrogen-bond donors (Lipinski definition) is 1. The Kier molecular flexibility index (Phi) is 3.41. The van der Waals surface area contributed by atoms with Gasteiger partial charge in [0.05, 0.1) is 12.1 Å². The van der Waals surface area contributed by atoms with E-state index in [1.165, 1.54) is 12.1 Å². The van der Waals surface area contributed by atoms with Gasteiger partial charge in [-0.2, -0.15) is 0 Å². The topological polar surface area (TPSA) is 55.1 Å². The number of benzene rings is 1. The summed E-state index contributed by atoms with van der Waals surface area (Å²) >= 11 is 0. The molecule has 1 aromatic carbocycles. The largest absolute Gasteiger partial charge is 0.481 e. The van der Waals surface area contributed by atoms with E-state index < -0.39 is 5.97 Å². The predicted octanol–water partition coefficient (Wildman–Crippen LogP) is 2.34. The molecule has 2 aromatic rings. The Bertz CT molecular complexity index is 578. The molecule has 0 radical (unpaired) electrons. The van der Waals surface area contributed by atoms with Crippen LogP contribution in [0.25, 0.3) is 5.69 Å². The fraction of sp³-hybridized carbons (Fsp3) is 0.231. The molecule has 4 nitrogen and oxygen atoms in total. The summed E-state index contributed by atoms with van der Waals surface area (Å²) in [6, 6.07) is 6.19. The molecule has 0 aliphatic rings. The Balaban J connectivity index is 2.26. The fourth-order valence-corrected chi connectivity index (χ4v) is 1.78. The Hall–Kier alpha value is -2.17. The molecule has 0 unspecified atom stereocenters. The average molecular weight is 248 g/mol. The molecule has 0 amide bonds. The lowest BCUT2D eigenvalue weighted by Gasteiger charge is -2.03. The molecule has 2 rings (SSSR count). The van der Waals surface area contributed by atoms with Crippen LogP contribution in [0.15, 0.2) is 30.5 Å². The zero-order chi connectivity index (χ0) is 13.1. The van der Waals surface area contributed by atoms with Crippen LogP contribution in [0, 0.1) is 12.7 Å². The zero-order valence-electron chi connectivity index (χ0n) is 9.93. The molecule has 0 spiro atoms. The molecule has 5 heteroatoms. The van der Waals surface area contributed by atoms with Crippen molar-refractivity contribution >= 4 is 5.97 Å². The number of nitrogens with zero attached hydrogens (tertiary/aromatic N) is 2. The summed E-state index contributed by atoms with van der Waals surface area (Å²) in [7, 11) is 0. The van der Waals surface area contributed by atoms with Crippen LogP contribution in [0.2, 0.25) is 0 Å². The summed E-state index contributed by atoms with van der Waals surface area (Å²) in [5.74, 6) is -0.457. The van der Waals surface area contributed by atoms with Crippen molar-refractivity contribution in [3.63, 3.8) is 0 Å². The lowest BCUT2D eigenvalue weighted by molar-refractivity contribution is -0.136. The van der Waals surface area contributed by atoms with Gasteiger partial charge in [0.25, 0.3) is 0 Å². The number of halogens is 1. The first kappa shape index (κ1) is 12.3. The first-order chi connectivity index (χ1) is 8.56. The molecule has 0 aliphatic heterocycles. The lowest BCUT2D eigenvalue weighted by atomic mass is 10.2. The Labute approximate surface area is 104 Å². The van der Waals surface area contributed by atoms with Crippen LogP contribution in [0.5, 0.6) is 0 Å². The number of rotatable bonds is 4. The molecule has 94 valence electrons. The van der Waals surface area contributed by atoms with Crippen molar-refractivity contribution in [2.24, 2.45) is 0 Å². The van der Waals surface area contributed by atoms with Gasteiger partial charge in [0.2, 0.25) is 0 Å². The summed E-state index contributed by atoms with van der Waals surface area (Å²) in [6.07, 6.45) is 2.16. The Morgan fingerprint density at radius 1 is 1.50 bits per heavy atom. The van der Waals surface area contributed by atoms with Crippen molar-refractivity contribution < 1.29 is 14.3 Å². The van der Waals surface area contributed by atoms with E-state index in [9.17, 15) is 9.18 Å². The first-order valence-electron chi connectivity index (χ1n) is 5.59. The van der Waals surface area contributed by atoms with E-state index in [0.29, 0.717) is 23.6 Å². The van der Waals surface area contributed by atoms with E-state index in [-0.39, 0.29) is 12.2 Å². The minimum Gasteiger partial charge on any atom is -0.481 e. The quantitative estimate of drug-likeness (QED) is 0.903. The first-order valence-corrected chi connectivity index (χ1v) is 5.59. The predicted molar refractivity (Wildman–Crippen MR) is 64.2 cm³/mol. The highest BCUT2D eigenvalue weighted by atomic mass is 19.1. The van der Waals surface area contributed by atoms with Gasteiger partial charge < -0.3 is 9.67 Å². The van der Waals surface area contributed by atoms with Gasteiger partial charge in [-0.15, -0.1) is 0 Å². The van der Waals surface area contributed by atoms with Gasteiger partial charge in [0, 0.05) is 18.3 Å². The number of aliphatic carboxylic acids is 1. The van der Waals surface area contributed by atoms with Gasteiger partial charge in [-0.3, -0.25) is 4.79 Å². The molecular weight excluding hydrogens is 235 g/mol. The number of carbonyl (C=O) groups is 1. The molecule has 0 aliphatic carbocycles. The van der Waals surface area contributed by atoms with Crippen LogP contribution < -0.4 is 0 Å². The van der Waals surface area contributed by atoms with E-state index in [0.717, 1.165) is 0 Å². The fourth-order valence-electron chi connectivity index (χ4n) is 1.78. The summed E-state index contributed by atoms with van der Waals surface area (Å²) < 4.78 is 14.9. The number of carboxylic acids is 1. The molecule has 1 aromatic heterocycles. The maximum absolute atomic E-state index is 13.1. The molecule has 1 heterocycles. The summed E-state index contributed by atoms with van der Waals surface area (Å²) in [4.78, 5) is 14.8. The third-order valence-electron chi connectivity index (χ3n) is 2.61. The molecular formula is C13H13FN2O2. The van der Waals surface area contributed by atoms with E-state index in [1.54, 1.807) is 29.8 Å². The van der Waals surface area contributed by atoms with Crippen LogP contribution in [0.1, 0.15) is 17.9 Å². The summed E-state index contributed by atoms with van der Waals surface area (Å²) in [5, 5.41) is 8.62. The third kappa shape index (κ3) is 2.74. The van der Waals surface area contributed by atoms with E-state index in [4.69, 9.17) is 5.11 Å². The SMILES string of the molecule is Cc1nc(CCC(=O)O)cn1-c1cccc(F)c1. The number of carboxylic acid groups (broad SMARTS) is 1. The van der Waals surface area contributed by atoms with Crippen molar-refractivity contribution in [1.82, 2.24) is 9.55 Å². The molecule has 1 N–H and O–H groups in total. The Morgan fingerprint density at radius 3 is 2.94 bits per heavy atom. The number of hydrogen-bond acceptors (Lipinski definition) is 2. The highest BCUT2D eigenvalue weighted by molar-refractivity contribution is 5.66. The second kappa shape index (κ2) is 5.00. The summed E-state index contributed by atoms with van der Waals surface area (Å²) in [6.45, 7) is 1.80. The van der Waals surface area contributed by atoms with Crippen LogP contribution in [0.3, 0.4) is 0 Å². The lowest BCUT2D eigenvalue weighted by Crippen LogP contribution is -1.97. The molecule has 0 saturated heterocycles. The van der Waals surface area contributed by atoms with E-state index in [1.807, 2.05) is 0 Å². The summed E-state index contributed by atoms with van der Waals surface area (Å²) in [5.41, 5.74) is 1.38.